The molecular formula is C16H13N3OS. The van der Waals surface area contributed by atoms with Gasteiger partial charge in [-0.25, -0.2) is 4.98 Å². The quantitative estimate of drug-likeness (QED) is 0.631. The molecule has 0 fully saturated rings. The van der Waals surface area contributed by atoms with E-state index in [9.17, 15) is 5.11 Å². The molecule has 0 aliphatic rings. The number of rotatable bonds is 3. The average Bonchev–Trinajstić information content (AvgIpc) is 3.07. The third kappa shape index (κ3) is 2.20. The molecule has 104 valence electrons. The molecule has 0 saturated carbocycles. The summed E-state index contributed by atoms with van der Waals surface area (Å²) in [5.74, 6) is 0. The fraction of sp³-hybridized carbons (Fsp3) is 0.125. The second kappa shape index (κ2) is 4.95. The number of benzene rings is 1. The first kappa shape index (κ1) is 12.5. The number of aliphatic hydroxyl groups excluding tert-OH is 1. The highest BCUT2D eigenvalue weighted by molar-refractivity contribution is 7.15. The van der Waals surface area contributed by atoms with E-state index in [0.717, 1.165) is 27.1 Å². The van der Waals surface area contributed by atoms with Gasteiger partial charge >= 0.3 is 0 Å². The molecule has 21 heavy (non-hydrogen) atoms. The summed E-state index contributed by atoms with van der Waals surface area (Å²) in [4.78, 5) is 9.81. The van der Waals surface area contributed by atoms with Crippen LogP contribution in [0.1, 0.15) is 17.4 Å². The highest BCUT2D eigenvalue weighted by atomic mass is 32.1. The summed E-state index contributed by atoms with van der Waals surface area (Å²) in [5.41, 5.74) is 2.70. The van der Waals surface area contributed by atoms with Crippen LogP contribution in [0.25, 0.3) is 15.9 Å². The van der Waals surface area contributed by atoms with Crippen molar-refractivity contribution in [1.82, 2.24) is 14.4 Å². The van der Waals surface area contributed by atoms with Gasteiger partial charge in [-0.1, -0.05) is 18.2 Å². The van der Waals surface area contributed by atoms with Crippen molar-refractivity contribution in [3.05, 3.63) is 65.6 Å². The van der Waals surface area contributed by atoms with E-state index in [4.69, 9.17) is 0 Å². The fourth-order valence-electron chi connectivity index (χ4n) is 2.60. The number of nitrogens with zero attached hydrogens (tertiary/aromatic N) is 3. The number of pyridine rings is 1. The van der Waals surface area contributed by atoms with Crippen LogP contribution in [0, 0.1) is 0 Å². The van der Waals surface area contributed by atoms with E-state index in [1.165, 1.54) is 0 Å². The summed E-state index contributed by atoms with van der Waals surface area (Å²) in [7, 11) is 0. The summed E-state index contributed by atoms with van der Waals surface area (Å²) in [6.45, 7) is 0. The van der Waals surface area contributed by atoms with Crippen molar-refractivity contribution in [2.24, 2.45) is 0 Å². The molecule has 0 bridgehead atoms. The van der Waals surface area contributed by atoms with Gasteiger partial charge in [0, 0.05) is 35.8 Å². The van der Waals surface area contributed by atoms with Crippen LogP contribution in [0.15, 0.2) is 54.3 Å². The molecule has 1 N–H and O–H groups in total. The minimum atomic E-state index is -0.581. The Hall–Kier alpha value is -2.24. The van der Waals surface area contributed by atoms with E-state index in [-0.39, 0.29) is 0 Å². The third-order valence-corrected chi connectivity index (χ3v) is 4.35. The Morgan fingerprint density at radius 2 is 2.19 bits per heavy atom. The minimum Gasteiger partial charge on any atom is -0.388 e. The zero-order valence-electron chi connectivity index (χ0n) is 11.2. The average molecular weight is 295 g/mol. The first-order valence-electron chi connectivity index (χ1n) is 6.74. The van der Waals surface area contributed by atoms with Crippen LogP contribution in [0.2, 0.25) is 0 Å². The topological polar surface area (TPSA) is 50.4 Å². The van der Waals surface area contributed by atoms with Crippen LogP contribution in [0.4, 0.5) is 0 Å². The van der Waals surface area contributed by atoms with Crippen LogP contribution in [-0.2, 0) is 6.42 Å². The molecule has 1 unspecified atom stereocenters. The minimum absolute atomic E-state index is 0.502. The van der Waals surface area contributed by atoms with Crippen molar-refractivity contribution >= 4 is 27.2 Å². The Morgan fingerprint density at radius 3 is 3.10 bits per heavy atom. The van der Waals surface area contributed by atoms with Gasteiger partial charge in [-0.05, 0) is 17.7 Å². The van der Waals surface area contributed by atoms with Crippen molar-refractivity contribution in [3.8, 4) is 0 Å². The Kier molecular flexibility index (Phi) is 2.94. The standard InChI is InChI=1S/C16H13N3OS/c20-15(9-11-10-19-7-8-21-16(19)18-11)13-3-1-5-14-12(13)4-2-6-17-14/h1-8,10,15,20H,9H2. The molecule has 0 aliphatic heterocycles. The van der Waals surface area contributed by atoms with Crippen molar-refractivity contribution in [2.45, 2.75) is 12.5 Å². The molecule has 0 spiro atoms. The van der Waals surface area contributed by atoms with Gasteiger partial charge < -0.3 is 5.11 Å². The molecule has 3 aromatic heterocycles. The number of hydrogen-bond donors (Lipinski definition) is 1. The molecule has 1 aromatic carbocycles. The molecule has 0 aliphatic carbocycles. The van der Waals surface area contributed by atoms with E-state index in [0.29, 0.717) is 6.42 Å². The van der Waals surface area contributed by atoms with Crippen molar-refractivity contribution in [1.29, 1.82) is 0 Å². The number of hydrogen-bond acceptors (Lipinski definition) is 4. The van der Waals surface area contributed by atoms with Gasteiger partial charge in [0.25, 0.3) is 0 Å². The summed E-state index contributed by atoms with van der Waals surface area (Å²) < 4.78 is 1.98. The number of aromatic nitrogens is 3. The van der Waals surface area contributed by atoms with Crippen LogP contribution in [-0.4, -0.2) is 19.5 Å². The lowest BCUT2D eigenvalue weighted by molar-refractivity contribution is 0.179. The lowest BCUT2D eigenvalue weighted by Gasteiger charge is -2.12. The fourth-order valence-corrected chi connectivity index (χ4v) is 3.32. The Bertz CT molecular complexity index is 878. The van der Waals surface area contributed by atoms with Gasteiger partial charge in [0.2, 0.25) is 0 Å². The predicted octanol–water partition coefficient (Wildman–Crippen LogP) is 3.22. The zero-order chi connectivity index (χ0) is 14.2. The molecule has 0 amide bonds. The second-order valence-electron chi connectivity index (χ2n) is 4.96. The van der Waals surface area contributed by atoms with Crippen molar-refractivity contribution in [2.75, 3.05) is 0 Å². The molecule has 0 saturated heterocycles. The zero-order valence-corrected chi connectivity index (χ0v) is 12.0. The maximum absolute atomic E-state index is 10.6. The van der Waals surface area contributed by atoms with Crippen LogP contribution in [0.5, 0.6) is 0 Å². The highest BCUT2D eigenvalue weighted by Crippen LogP contribution is 2.25. The largest absolute Gasteiger partial charge is 0.388 e. The molecule has 4 aromatic rings. The van der Waals surface area contributed by atoms with Crippen molar-refractivity contribution in [3.63, 3.8) is 0 Å². The predicted molar refractivity (Wildman–Crippen MR) is 83.5 cm³/mol. The Labute approximate surface area is 125 Å². The number of aliphatic hydroxyl groups is 1. The summed E-state index contributed by atoms with van der Waals surface area (Å²) in [6, 6.07) is 9.72. The molecule has 5 heteroatoms. The number of imidazole rings is 1. The lowest BCUT2D eigenvalue weighted by atomic mass is 10.0. The molecule has 3 heterocycles. The monoisotopic (exact) mass is 295 g/mol. The third-order valence-electron chi connectivity index (χ3n) is 3.58. The Balaban J connectivity index is 1.69. The normalized spacial score (nSPS) is 13.0. The van der Waals surface area contributed by atoms with Gasteiger partial charge in [0.1, 0.15) is 0 Å². The van der Waals surface area contributed by atoms with Gasteiger partial charge in [-0.3, -0.25) is 9.38 Å². The first-order chi connectivity index (χ1) is 10.3. The highest BCUT2D eigenvalue weighted by Gasteiger charge is 2.14. The maximum Gasteiger partial charge on any atom is 0.193 e. The van der Waals surface area contributed by atoms with Crippen LogP contribution >= 0.6 is 11.3 Å². The second-order valence-corrected chi connectivity index (χ2v) is 5.84. The molecule has 4 nitrogen and oxygen atoms in total. The van der Waals surface area contributed by atoms with E-state index in [1.807, 2.05) is 52.5 Å². The molecular weight excluding hydrogens is 282 g/mol. The number of fused-ring (bicyclic) bond motifs is 2. The van der Waals surface area contributed by atoms with Crippen LogP contribution < -0.4 is 0 Å². The number of thiazole rings is 1. The SMILES string of the molecule is OC(Cc1cn2ccsc2n1)c1cccc2ncccc12. The van der Waals surface area contributed by atoms with E-state index >= 15 is 0 Å². The smallest absolute Gasteiger partial charge is 0.193 e. The summed E-state index contributed by atoms with van der Waals surface area (Å²) >= 11 is 1.59. The van der Waals surface area contributed by atoms with Gasteiger partial charge in [-0.2, -0.15) is 0 Å². The molecule has 1 atom stereocenters. The summed E-state index contributed by atoms with van der Waals surface area (Å²) in [6.07, 6.45) is 5.63. The van der Waals surface area contributed by atoms with Gasteiger partial charge in [-0.15, -0.1) is 11.3 Å². The van der Waals surface area contributed by atoms with E-state index in [2.05, 4.69) is 9.97 Å². The van der Waals surface area contributed by atoms with E-state index < -0.39 is 6.10 Å². The van der Waals surface area contributed by atoms with Gasteiger partial charge in [0.15, 0.2) is 4.96 Å². The summed E-state index contributed by atoms with van der Waals surface area (Å²) in [5, 5.41) is 13.6. The van der Waals surface area contributed by atoms with Crippen LogP contribution in [0.3, 0.4) is 0 Å². The molecule has 0 radical (unpaired) electrons. The van der Waals surface area contributed by atoms with Gasteiger partial charge in [0.05, 0.1) is 17.3 Å². The molecule has 4 rings (SSSR count). The van der Waals surface area contributed by atoms with E-state index in [1.54, 1.807) is 17.5 Å². The Morgan fingerprint density at radius 1 is 1.24 bits per heavy atom. The first-order valence-corrected chi connectivity index (χ1v) is 7.62. The lowest BCUT2D eigenvalue weighted by Crippen LogP contribution is -2.03. The van der Waals surface area contributed by atoms with Crippen molar-refractivity contribution < 1.29 is 5.11 Å². The maximum atomic E-state index is 10.6.